The number of carbonyl (C=O) groups excluding carboxylic acids is 5. The third-order valence-electron chi connectivity index (χ3n) is 5.70. The molecule has 0 saturated heterocycles. The summed E-state index contributed by atoms with van der Waals surface area (Å²) in [5.41, 5.74) is 1.34. The number of rotatable bonds is 13. The van der Waals surface area contributed by atoms with E-state index in [1.807, 2.05) is 44.2 Å². The van der Waals surface area contributed by atoms with Crippen LogP contribution in [0.15, 0.2) is 42.9 Å². The zero-order chi connectivity index (χ0) is 28.9. The second-order valence-corrected chi connectivity index (χ2v) is 10.0. The van der Waals surface area contributed by atoms with E-state index in [9.17, 15) is 24.0 Å². The van der Waals surface area contributed by atoms with Crippen molar-refractivity contribution in [3.8, 4) is 0 Å². The normalized spacial score (nSPS) is 13.2. The Morgan fingerprint density at radius 1 is 0.897 bits per heavy atom. The quantitative estimate of drug-likeness (QED) is 0.256. The molecule has 0 unspecified atom stereocenters. The van der Waals surface area contributed by atoms with Crippen LogP contribution in [-0.4, -0.2) is 57.8 Å². The number of aromatic nitrogens is 2. The summed E-state index contributed by atoms with van der Waals surface area (Å²) in [6.45, 7) is 8.76. The molecule has 12 heteroatoms. The number of nitrogens with one attached hydrogen (secondary N) is 5. The van der Waals surface area contributed by atoms with Crippen molar-refractivity contribution in [2.45, 2.75) is 72.2 Å². The largest absolute Gasteiger partial charge is 0.445 e. The number of carbonyl (C=O) groups is 5. The van der Waals surface area contributed by atoms with Crippen LogP contribution in [0.3, 0.4) is 0 Å². The fourth-order valence-corrected chi connectivity index (χ4v) is 3.61. The van der Waals surface area contributed by atoms with Crippen LogP contribution in [0.5, 0.6) is 0 Å². The van der Waals surface area contributed by atoms with Gasteiger partial charge in [0.2, 0.25) is 23.6 Å². The average Bonchev–Trinajstić information content (AvgIpc) is 3.38. The van der Waals surface area contributed by atoms with Crippen molar-refractivity contribution < 1.29 is 28.7 Å². The molecule has 212 valence electrons. The first-order chi connectivity index (χ1) is 18.5. The van der Waals surface area contributed by atoms with Crippen molar-refractivity contribution in [3.63, 3.8) is 0 Å². The topological polar surface area (TPSA) is 171 Å². The number of H-pyrrole nitrogens is 1. The van der Waals surface area contributed by atoms with Gasteiger partial charge in [-0.15, -0.1) is 0 Å². The molecule has 39 heavy (non-hydrogen) atoms. The van der Waals surface area contributed by atoms with Gasteiger partial charge in [0.15, 0.2) is 0 Å². The fraction of sp³-hybridized carbons (Fsp3) is 0.481. The minimum absolute atomic E-state index is 0.0457. The number of hydrogen-bond acceptors (Lipinski definition) is 7. The van der Waals surface area contributed by atoms with Crippen molar-refractivity contribution >= 4 is 29.7 Å². The molecule has 12 nitrogen and oxygen atoms in total. The number of imide groups is 1. The minimum atomic E-state index is -1.04. The highest BCUT2D eigenvalue weighted by Crippen LogP contribution is 2.09. The van der Waals surface area contributed by atoms with Crippen LogP contribution >= 0.6 is 0 Å². The zero-order valence-corrected chi connectivity index (χ0v) is 22.9. The second-order valence-electron chi connectivity index (χ2n) is 10.0. The number of nitrogens with zero attached hydrogens (tertiary/aromatic N) is 1. The Hall–Kier alpha value is -4.22. The molecule has 1 aromatic carbocycles. The lowest BCUT2D eigenvalue weighted by Crippen LogP contribution is -2.58. The molecule has 3 atom stereocenters. The van der Waals surface area contributed by atoms with Gasteiger partial charge in [-0.2, -0.15) is 0 Å². The Morgan fingerprint density at radius 2 is 1.59 bits per heavy atom. The van der Waals surface area contributed by atoms with Gasteiger partial charge in [-0.25, -0.2) is 9.78 Å². The number of amides is 5. The van der Waals surface area contributed by atoms with E-state index in [-0.39, 0.29) is 24.9 Å². The van der Waals surface area contributed by atoms with Gasteiger partial charge in [-0.1, -0.05) is 58.0 Å². The third kappa shape index (κ3) is 11.0. The lowest BCUT2D eigenvalue weighted by molar-refractivity contribution is -0.135. The number of hydrogen-bond donors (Lipinski definition) is 5. The minimum Gasteiger partial charge on any atom is -0.445 e. The van der Waals surface area contributed by atoms with Crippen molar-refractivity contribution in [2.75, 3.05) is 0 Å². The number of benzene rings is 1. The molecule has 2 rings (SSSR count). The summed E-state index contributed by atoms with van der Waals surface area (Å²) >= 11 is 0. The van der Waals surface area contributed by atoms with E-state index in [0.717, 1.165) is 5.56 Å². The van der Waals surface area contributed by atoms with Crippen LogP contribution in [-0.2, 0) is 36.9 Å². The maximum absolute atomic E-state index is 13.1. The van der Waals surface area contributed by atoms with Crippen molar-refractivity contribution in [1.82, 2.24) is 31.2 Å². The molecule has 0 aliphatic heterocycles. The highest BCUT2D eigenvalue weighted by molar-refractivity contribution is 6.00. The molecular weight excluding hydrogens is 504 g/mol. The first-order valence-electron chi connectivity index (χ1n) is 12.8. The number of ether oxygens (including phenoxy) is 1. The Balaban J connectivity index is 1.95. The maximum Gasteiger partial charge on any atom is 0.408 e. The van der Waals surface area contributed by atoms with Crippen LogP contribution in [0, 0.1) is 11.8 Å². The molecule has 0 radical (unpaired) electrons. The number of alkyl carbamates (subject to hydrolysis) is 1. The molecule has 0 fully saturated rings. The van der Waals surface area contributed by atoms with E-state index in [1.54, 1.807) is 13.8 Å². The highest BCUT2D eigenvalue weighted by atomic mass is 16.5. The molecule has 5 amide bonds. The van der Waals surface area contributed by atoms with E-state index in [0.29, 0.717) is 12.1 Å². The predicted molar refractivity (Wildman–Crippen MR) is 143 cm³/mol. The Kier molecular flexibility index (Phi) is 12.1. The summed E-state index contributed by atoms with van der Waals surface area (Å²) in [6, 6.07) is 6.15. The van der Waals surface area contributed by atoms with Crippen molar-refractivity contribution in [1.29, 1.82) is 0 Å². The summed E-state index contributed by atoms with van der Waals surface area (Å²) in [7, 11) is 0. The molecular formula is C27H38N6O6. The van der Waals surface area contributed by atoms with Crippen LogP contribution in [0.4, 0.5) is 4.79 Å². The summed E-state index contributed by atoms with van der Waals surface area (Å²) in [4.78, 5) is 69.6. The van der Waals surface area contributed by atoms with Crippen LogP contribution < -0.4 is 21.3 Å². The number of aromatic amines is 1. The molecule has 5 N–H and O–H groups in total. The van der Waals surface area contributed by atoms with Gasteiger partial charge in [0.05, 0.1) is 12.7 Å². The Morgan fingerprint density at radius 3 is 2.18 bits per heavy atom. The summed E-state index contributed by atoms with van der Waals surface area (Å²) in [6.07, 6.45) is 2.37. The van der Waals surface area contributed by atoms with Gasteiger partial charge in [0.25, 0.3) is 0 Å². The lowest BCUT2D eigenvalue weighted by Gasteiger charge is -2.27. The Bertz CT molecular complexity index is 1100. The zero-order valence-electron chi connectivity index (χ0n) is 22.9. The molecule has 1 heterocycles. The van der Waals surface area contributed by atoms with Crippen molar-refractivity contribution in [3.05, 3.63) is 54.1 Å². The van der Waals surface area contributed by atoms with E-state index in [4.69, 9.17) is 4.74 Å². The molecule has 0 aliphatic rings. The third-order valence-corrected chi connectivity index (χ3v) is 5.70. The van der Waals surface area contributed by atoms with Gasteiger partial charge in [0, 0.05) is 11.9 Å². The fourth-order valence-electron chi connectivity index (χ4n) is 3.61. The van der Waals surface area contributed by atoms with Gasteiger partial charge in [0.1, 0.15) is 24.7 Å². The monoisotopic (exact) mass is 542 g/mol. The summed E-state index contributed by atoms with van der Waals surface area (Å²) in [5.74, 6) is -2.68. The van der Waals surface area contributed by atoms with E-state index in [1.165, 1.54) is 19.4 Å². The highest BCUT2D eigenvalue weighted by Gasteiger charge is 2.31. The summed E-state index contributed by atoms with van der Waals surface area (Å²) in [5, 5.41) is 10.0. The van der Waals surface area contributed by atoms with Gasteiger partial charge in [-0.3, -0.25) is 24.5 Å². The van der Waals surface area contributed by atoms with Gasteiger partial charge in [-0.05, 0) is 30.7 Å². The first-order valence-corrected chi connectivity index (χ1v) is 12.8. The smallest absolute Gasteiger partial charge is 0.408 e. The average molecular weight is 543 g/mol. The van der Waals surface area contributed by atoms with E-state index < -0.39 is 47.8 Å². The van der Waals surface area contributed by atoms with Gasteiger partial charge >= 0.3 is 6.09 Å². The SMILES string of the molecule is CC(C)C[C@H](NC(=O)OCc1ccccc1)C(=O)N[C@H](C(=O)N[C@@H](C)C(=O)NC(=O)Cc1cnc[nH]1)C(C)C. The van der Waals surface area contributed by atoms with Crippen LogP contribution in [0.25, 0.3) is 0 Å². The maximum atomic E-state index is 13.1. The summed E-state index contributed by atoms with van der Waals surface area (Å²) < 4.78 is 5.25. The first kappa shape index (κ1) is 31.0. The molecule has 0 aliphatic carbocycles. The molecule has 1 aromatic heterocycles. The molecule has 0 bridgehead atoms. The Labute approximate surface area is 228 Å². The number of imidazole rings is 1. The van der Waals surface area contributed by atoms with Crippen LogP contribution in [0.1, 0.15) is 52.3 Å². The molecule has 2 aromatic rings. The lowest BCUT2D eigenvalue weighted by atomic mass is 10.00. The predicted octanol–water partition coefficient (Wildman–Crippen LogP) is 1.58. The van der Waals surface area contributed by atoms with Crippen LogP contribution in [0.2, 0.25) is 0 Å². The second kappa shape index (κ2) is 15.3. The molecule has 0 saturated carbocycles. The van der Waals surface area contributed by atoms with E-state index in [2.05, 4.69) is 31.2 Å². The standard InChI is InChI=1S/C27H38N6O6/c1-16(2)11-21(31-27(38)39-14-19-9-7-6-8-10-19)25(36)33-23(17(3)4)26(37)30-18(5)24(35)32-22(34)12-20-13-28-15-29-20/h6-10,13,15-18,21,23H,11-12,14H2,1-5H3,(H,28,29)(H,30,37)(H,31,38)(H,33,36)(H,32,34,35)/t18-,21-,23-/m0/s1. The molecule has 0 spiro atoms. The van der Waals surface area contributed by atoms with Gasteiger partial charge < -0.3 is 25.7 Å². The van der Waals surface area contributed by atoms with E-state index >= 15 is 0 Å². The van der Waals surface area contributed by atoms with Crippen molar-refractivity contribution in [2.24, 2.45) is 11.8 Å².